The molecule has 0 saturated carbocycles. The molecular formula is C10H13NO4S. The lowest BCUT2D eigenvalue weighted by atomic mass is 10.2. The molecule has 5 nitrogen and oxygen atoms in total. The molecule has 0 unspecified atom stereocenters. The Hall–Kier alpha value is -1.40. The second-order valence-corrected chi connectivity index (χ2v) is 5.44. The van der Waals surface area contributed by atoms with Crippen molar-refractivity contribution < 1.29 is 17.9 Å². The third-order valence-corrected chi connectivity index (χ3v) is 3.92. The molecule has 0 aliphatic rings. The van der Waals surface area contributed by atoms with E-state index < -0.39 is 10.0 Å². The van der Waals surface area contributed by atoms with Gasteiger partial charge in [0.1, 0.15) is 16.9 Å². The summed E-state index contributed by atoms with van der Waals surface area (Å²) in [4.78, 5) is 10.6. The van der Waals surface area contributed by atoms with Crippen LogP contribution in [0.1, 0.15) is 10.4 Å². The molecule has 88 valence electrons. The van der Waals surface area contributed by atoms with Gasteiger partial charge in [-0.15, -0.1) is 0 Å². The van der Waals surface area contributed by atoms with E-state index >= 15 is 0 Å². The molecular weight excluding hydrogens is 230 g/mol. The lowest BCUT2D eigenvalue weighted by molar-refractivity contribution is 0.112. The smallest absolute Gasteiger partial charge is 0.246 e. The van der Waals surface area contributed by atoms with Crippen molar-refractivity contribution in [2.24, 2.45) is 0 Å². The zero-order chi connectivity index (χ0) is 12.3. The molecule has 0 aliphatic heterocycles. The van der Waals surface area contributed by atoms with Gasteiger partial charge in [-0.05, 0) is 18.2 Å². The Kier molecular flexibility index (Phi) is 3.66. The van der Waals surface area contributed by atoms with Gasteiger partial charge in [-0.1, -0.05) is 0 Å². The fraction of sp³-hybridized carbons (Fsp3) is 0.300. The first-order valence-electron chi connectivity index (χ1n) is 4.49. The van der Waals surface area contributed by atoms with Gasteiger partial charge >= 0.3 is 0 Å². The highest BCUT2D eigenvalue weighted by Gasteiger charge is 2.22. The Bertz CT molecular complexity index is 494. The first kappa shape index (κ1) is 12.7. The van der Waals surface area contributed by atoms with E-state index in [2.05, 4.69) is 0 Å². The van der Waals surface area contributed by atoms with Crippen LogP contribution in [0.5, 0.6) is 5.75 Å². The number of hydrogen-bond acceptors (Lipinski definition) is 4. The van der Waals surface area contributed by atoms with Gasteiger partial charge in [0.15, 0.2) is 0 Å². The van der Waals surface area contributed by atoms with Gasteiger partial charge < -0.3 is 4.74 Å². The van der Waals surface area contributed by atoms with Crippen molar-refractivity contribution >= 4 is 16.3 Å². The summed E-state index contributed by atoms with van der Waals surface area (Å²) in [5, 5.41) is 0. The maximum atomic E-state index is 11.9. The standard InChI is InChI=1S/C10H13NO4S/c1-11(2)16(13,14)10-6-8(7-12)4-5-9(10)15-3/h4-7H,1-3H3. The lowest BCUT2D eigenvalue weighted by Crippen LogP contribution is -2.22. The Morgan fingerprint density at radius 1 is 1.31 bits per heavy atom. The second-order valence-electron chi connectivity index (χ2n) is 3.32. The fourth-order valence-electron chi connectivity index (χ4n) is 1.16. The summed E-state index contributed by atoms with van der Waals surface area (Å²) in [5.41, 5.74) is 0.293. The van der Waals surface area contributed by atoms with Gasteiger partial charge in [-0.2, -0.15) is 0 Å². The number of methoxy groups -OCH3 is 1. The second kappa shape index (κ2) is 4.63. The van der Waals surface area contributed by atoms with Crippen molar-refractivity contribution in [1.29, 1.82) is 0 Å². The molecule has 0 aromatic heterocycles. The highest BCUT2D eigenvalue weighted by atomic mass is 32.2. The Morgan fingerprint density at radius 3 is 2.38 bits per heavy atom. The number of hydrogen-bond donors (Lipinski definition) is 0. The zero-order valence-corrected chi connectivity index (χ0v) is 10.1. The Balaban J connectivity index is 3.46. The van der Waals surface area contributed by atoms with Crippen LogP contribution in [0.2, 0.25) is 0 Å². The van der Waals surface area contributed by atoms with Crippen LogP contribution >= 0.6 is 0 Å². The van der Waals surface area contributed by atoms with Crippen LogP contribution in [-0.2, 0) is 10.0 Å². The SMILES string of the molecule is COc1ccc(C=O)cc1S(=O)(=O)N(C)C. The molecule has 16 heavy (non-hydrogen) atoms. The number of aldehydes is 1. The monoisotopic (exact) mass is 243 g/mol. The number of carbonyl (C=O) groups is 1. The third-order valence-electron chi connectivity index (χ3n) is 2.08. The van der Waals surface area contributed by atoms with E-state index in [0.717, 1.165) is 4.31 Å². The molecule has 0 atom stereocenters. The van der Waals surface area contributed by atoms with Gasteiger partial charge in [-0.3, -0.25) is 4.79 Å². The predicted octanol–water partition coefficient (Wildman–Crippen LogP) is 0.758. The van der Waals surface area contributed by atoms with Gasteiger partial charge in [-0.25, -0.2) is 12.7 Å². The molecule has 6 heteroatoms. The normalized spacial score (nSPS) is 11.5. The Morgan fingerprint density at radius 2 is 1.94 bits per heavy atom. The molecule has 0 fully saturated rings. The van der Waals surface area contributed by atoms with Crippen LogP contribution in [0.4, 0.5) is 0 Å². The molecule has 1 aromatic rings. The summed E-state index contributed by atoms with van der Waals surface area (Å²) < 4.78 is 29.8. The zero-order valence-electron chi connectivity index (χ0n) is 9.30. The molecule has 0 saturated heterocycles. The number of ether oxygens (including phenoxy) is 1. The van der Waals surface area contributed by atoms with Crippen LogP contribution in [0, 0.1) is 0 Å². The number of rotatable bonds is 4. The van der Waals surface area contributed by atoms with Crippen molar-refractivity contribution in [2.45, 2.75) is 4.90 Å². The summed E-state index contributed by atoms with van der Waals surface area (Å²) in [6, 6.07) is 4.25. The maximum Gasteiger partial charge on any atom is 0.246 e. The average molecular weight is 243 g/mol. The van der Waals surface area contributed by atoms with Crippen molar-refractivity contribution in [2.75, 3.05) is 21.2 Å². The minimum atomic E-state index is -3.60. The van der Waals surface area contributed by atoms with Gasteiger partial charge in [0.2, 0.25) is 10.0 Å². The topological polar surface area (TPSA) is 63.7 Å². The molecule has 0 heterocycles. The quantitative estimate of drug-likeness (QED) is 0.732. The van der Waals surface area contributed by atoms with E-state index in [1.807, 2.05) is 0 Å². The summed E-state index contributed by atoms with van der Waals surface area (Å²) in [6.45, 7) is 0. The minimum absolute atomic E-state index is 0.00963. The average Bonchev–Trinajstić information content (AvgIpc) is 2.27. The first-order valence-corrected chi connectivity index (χ1v) is 5.93. The number of sulfonamides is 1. The van der Waals surface area contributed by atoms with Crippen LogP contribution in [0.3, 0.4) is 0 Å². The van der Waals surface area contributed by atoms with Gasteiger partial charge in [0, 0.05) is 19.7 Å². The minimum Gasteiger partial charge on any atom is -0.495 e. The highest BCUT2D eigenvalue weighted by molar-refractivity contribution is 7.89. The highest BCUT2D eigenvalue weighted by Crippen LogP contribution is 2.26. The maximum absolute atomic E-state index is 11.9. The van der Waals surface area contributed by atoms with Gasteiger partial charge in [0.25, 0.3) is 0 Å². The summed E-state index contributed by atoms with van der Waals surface area (Å²) >= 11 is 0. The van der Waals surface area contributed by atoms with Crippen LogP contribution < -0.4 is 4.74 Å². The molecule has 0 spiro atoms. The lowest BCUT2D eigenvalue weighted by Gasteiger charge is -2.14. The van der Waals surface area contributed by atoms with Crippen molar-refractivity contribution in [3.63, 3.8) is 0 Å². The summed E-state index contributed by atoms with van der Waals surface area (Å²) in [5.74, 6) is 0.222. The summed E-state index contributed by atoms with van der Waals surface area (Å²) in [6.07, 6.45) is 0.591. The fourth-order valence-corrected chi connectivity index (χ4v) is 2.25. The van der Waals surface area contributed by atoms with Crippen molar-refractivity contribution in [3.8, 4) is 5.75 Å². The van der Waals surface area contributed by atoms with Crippen LogP contribution in [-0.4, -0.2) is 40.2 Å². The van der Waals surface area contributed by atoms with Crippen molar-refractivity contribution in [3.05, 3.63) is 23.8 Å². The molecule has 1 rings (SSSR count). The molecule has 0 amide bonds. The largest absolute Gasteiger partial charge is 0.495 e. The third kappa shape index (κ3) is 2.23. The van der Waals surface area contributed by atoms with Crippen molar-refractivity contribution in [1.82, 2.24) is 4.31 Å². The molecule has 0 aliphatic carbocycles. The predicted molar refractivity (Wildman–Crippen MR) is 59.3 cm³/mol. The molecule has 0 radical (unpaired) electrons. The Labute approximate surface area is 94.7 Å². The number of nitrogens with zero attached hydrogens (tertiary/aromatic N) is 1. The van der Waals surface area contributed by atoms with E-state index in [1.165, 1.54) is 39.4 Å². The van der Waals surface area contributed by atoms with Crippen LogP contribution in [0.25, 0.3) is 0 Å². The van der Waals surface area contributed by atoms with E-state index in [-0.39, 0.29) is 10.6 Å². The van der Waals surface area contributed by atoms with E-state index in [9.17, 15) is 13.2 Å². The molecule has 0 bridgehead atoms. The molecule has 0 N–H and O–H groups in total. The van der Waals surface area contributed by atoms with Gasteiger partial charge in [0.05, 0.1) is 7.11 Å². The number of benzene rings is 1. The van der Waals surface area contributed by atoms with E-state index in [4.69, 9.17) is 4.74 Å². The van der Waals surface area contributed by atoms with E-state index in [1.54, 1.807) is 0 Å². The first-order chi connectivity index (χ1) is 7.43. The number of carbonyl (C=O) groups excluding carboxylic acids is 1. The van der Waals surface area contributed by atoms with E-state index in [0.29, 0.717) is 11.8 Å². The molecule has 1 aromatic carbocycles. The van der Waals surface area contributed by atoms with Crippen LogP contribution in [0.15, 0.2) is 23.1 Å². The summed E-state index contributed by atoms with van der Waals surface area (Å²) in [7, 11) is 0.615.